The Morgan fingerprint density at radius 1 is 1.24 bits per heavy atom. The van der Waals surface area contributed by atoms with Crippen LogP contribution in [0.3, 0.4) is 0 Å². The van der Waals surface area contributed by atoms with Crippen LogP contribution >= 0.6 is 11.6 Å². The number of aliphatic carboxylic acids is 1. The van der Waals surface area contributed by atoms with Crippen LogP contribution in [0.2, 0.25) is 5.02 Å². The molecule has 8 heteroatoms. The lowest BCUT2D eigenvalue weighted by Gasteiger charge is -2.14. The van der Waals surface area contributed by atoms with Gasteiger partial charge in [-0.15, -0.1) is 0 Å². The molecule has 0 unspecified atom stereocenters. The van der Waals surface area contributed by atoms with Crippen molar-refractivity contribution in [2.75, 3.05) is 6.26 Å². The molecule has 0 saturated carbocycles. The third-order valence-corrected chi connectivity index (χ3v) is 6.40. The summed E-state index contributed by atoms with van der Waals surface area (Å²) in [4.78, 5) is 11.2. The summed E-state index contributed by atoms with van der Waals surface area (Å²) in [6, 6.07) is 9.44. The maximum atomic E-state index is 14.3. The molecule has 0 bridgehead atoms. The number of sulfone groups is 1. The molecule has 1 aliphatic rings. The number of hydrogen-bond donors (Lipinski definition) is 1. The molecular weight excluding hydrogens is 417 g/mol. The Bertz CT molecular complexity index is 1290. The molecule has 3 aromatic rings. The van der Waals surface area contributed by atoms with Crippen molar-refractivity contribution in [3.63, 3.8) is 0 Å². The van der Waals surface area contributed by atoms with Crippen molar-refractivity contribution in [2.45, 2.75) is 24.3 Å². The molecule has 1 heterocycles. The lowest BCUT2D eigenvalue weighted by molar-refractivity contribution is -0.135. The third kappa shape index (κ3) is 3.56. The second kappa shape index (κ2) is 7.00. The van der Waals surface area contributed by atoms with Gasteiger partial charge < -0.3 is 9.67 Å². The van der Waals surface area contributed by atoms with E-state index >= 15 is 0 Å². The van der Waals surface area contributed by atoms with Crippen molar-refractivity contribution in [1.82, 2.24) is 4.57 Å². The molecular formula is C21H17ClFNO4S. The van der Waals surface area contributed by atoms with Crippen molar-refractivity contribution < 1.29 is 22.7 Å². The maximum Gasteiger partial charge on any atom is 0.307 e. The average Bonchev–Trinajstić information content (AvgIpc) is 3.15. The molecule has 0 radical (unpaired) electrons. The standard InChI is InChI=1S/C21H17ClFNO4S/c1-29(27,28)18-10-15(23)9-17-16-7-4-13(8-19(25)26)20(16)24(21(17)18)11-12-2-5-14(22)6-3-12/h2-6,9-10H,7-8,11H2,1H3,(H,25,26). The summed E-state index contributed by atoms with van der Waals surface area (Å²) < 4.78 is 40.9. The fourth-order valence-electron chi connectivity index (χ4n) is 3.91. The van der Waals surface area contributed by atoms with Crippen molar-refractivity contribution in [2.24, 2.45) is 0 Å². The number of halogens is 2. The number of carbonyl (C=O) groups is 1. The normalized spacial score (nSPS) is 13.6. The van der Waals surface area contributed by atoms with Gasteiger partial charge in [0.25, 0.3) is 0 Å². The van der Waals surface area contributed by atoms with Crippen LogP contribution in [-0.4, -0.2) is 30.3 Å². The SMILES string of the molecule is CS(=O)(=O)c1cc(F)cc2c3c(n(Cc4ccc(Cl)cc4)c12)C(CC(=O)O)=CC3. The van der Waals surface area contributed by atoms with E-state index in [0.29, 0.717) is 40.2 Å². The predicted octanol–water partition coefficient (Wildman–Crippen LogP) is 4.30. The number of allylic oxidation sites excluding steroid dienone is 1. The Labute approximate surface area is 171 Å². The molecule has 150 valence electrons. The lowest BCUT2D eigenvalue weighted by atomic mass is 10.1. The first-order valence-electron chi connectivity index (χ1n) is 8.85. The van der Waals surface area contributed by atoms with Gasteiger partial charge in [-0.05, 0) is 47.4 Å². The summed E-state index contributed by atoms with van der Waals surface area (Å²) in [5.74, 6) is -1.63. The topological polar surface area (TPSA) is 76.4 Å². The first kappa shape index (κ1) is 19.7. The first-order valence-corrected chi connectivity index (χ1v) is 11.1. The van der Waals surface area contributed by atoms with Gasteiger partial charge in [-0.2, -0.15) is 0 Å². The first-order chi connectivity index (χ1) is 13.6. The van der Waals surface area contributed by atoms with Crippen LogP contribution < -0.4 is 0 Å². The number of hydrogen-bond acceptors (Lipinski definition) is 3. The van der Waals surface area contributed by atoms with Crippen LogP contribution in [0.1, 0.15) is 23.2 Å². The largest absolute Gasteiger partial charge is 0.481 e. The van der Waals surface area contributed by atoms with Gasteiger partial charge in [0.15, 0.2) is 9.84 Å². The Balaban J connectivity index is 2.03. The number of rotatable bonds is 5. The summed E-state index contributed by atoms with van der Waals surface area (Å²) in [5, 5.41) is 10.4. The van der Waals surface area contributed by atoms with Gasteiger partial charge in [0, 0.05) is 28.9 Å². The van der Waals surface area contributed by atoms with E-state index < -0.39 is 21.6 Å². The summed E-state index contributed by atoms with van der Waals surface area (Å²) >= 11 is 5.96. The van der Waals surface area contributed by atoms with Gasteiger partial charge in [0.1, 0.15) is 5.82 Å². The van der Waals surface area contributed by atoms with E-state index in [1.165, 1.54) is 6.07 Å². The fraction of sp³-hybridized carbons (Fsp3) is 0.190. The number of carboxylic acids is 1. The number of fused-ring (bicyclic) bond motifs is 3. The van der Waals surface area contributed by atoms with Gasteiger partial charge in [-0.3, -0.25) is 4.79 Å². The molecule has 2 aromatic carbocycles. The Kier molecular flexibility index (Phi) is 4.75. The zero-order valence-corrected chi connectivity index (χ0v) is 17.0. The van der Waals surface area contributed by atoms with E-state index in [1.807, 2.05) is 18.2 Å². The molecule has 4 rings (SSSR count). The van der Waals surface area contributed by atoms with Crippen molar-refractivity contribution in [3.8, 4) is 0 Å². The Morgan fingerprint density at radius 2 is 1.93 bits per heavy atom. The number of benzene rings is 2. The molecule has 0 amide bonds. The van der Waals surface area contributed by atoms with Crippen LogP contribution in [0.15, 0.2) is 47.4 Å². The van der Waals surface area contributed by atoms with E-state index in [4.69, 9.17) is 11.6 Å². The molecule has 29 heavy (non-hydrogen) atoms. The molecule has 0 spiro atoms. The Hall–Kier alpha value is -2.64. The second-order valence-electron chi connectivity index (χ2n) is 7.12. The molecule has 1 aromatic heterocycles. The number of nitrogens with zero attached hydrogens (tertiary/aromatic N) is 1. The summed E-state index contributed by atoms with van der Waals surface area (Å²) in [5.41, 5.74) is 3.24. The molecule has 0 fully saturated rings. The van der Waals surface area contributed by atoms with Crippen LogP contribution in [-0.2, 0) is 27.6 Å². The van der Waals surface area contributed by atoms with Gasteiger partial charge >= 0.3 is 5.97 Å². The highest BCUT2D eigenvalue weighted by atomic mass is 35.5. The maximum absolute atomic E-state index is 14.3. The Morgan fingerprint density at radius 3 is 2.55 bits per heavy atom. The van der Waals surface area contributed by atoms with Gasteiger partial charge in [-0.25, -0.2) is 12.8 Å². The second-order valence-corrected chi connectivity index (χ2v) is 9.54. The number of aromatic nitrogens is 1. The van der Waals surface area contributed by atoms with E-state index in [1.54, 1.807) is 16.7 Å². The van der Waals surface area contributed by atoms with Gasteiger partial charge in [-0.1, -0.05) is 29.8 Å². The predicted molar refractivity (Wildman–Crippen MR) is 109 cm³/mol. The summed E-state index contributed by atoms with van der Waals surface area (Å²) in [7, 11) is -3.72. The quantitative estimate of drug-likeness (QED) is 0.650. The van der Waals surface area contributed by atoms with Crippen molar-refractivity contribution in [3.05, 3.63) is 70.1 Å². The van der Waals surface area contributed by atoms with Crippen molar-refractivity contribution in [1.29, 1.82) is 0 Å². The van der Waals surface area contributed by atoms with Crippen LogP contribution in [0.4, 0.5) is 4.39 Å². The minimum Gasteiger partial charge on any atom is -0.481 e. The molecule has 1 aliphatic carbocycles. The van der Waals surface area contributed by atoms with Gasteiger partial charge in [0.2, 0.25) is 0 Å². The molecule has 1 N–H and O–H groups in total. The average molecular weight is 434 g/mol. The van der Waals surface area contributed by atoms with Crippen molar-refractivity contribution >= 4 is 43.9 Å². The van der Waals surface area contributed by atoms with E-state index in [0.717, 1.165) is 23.4 Å². The zero-order valence-electron chi connectivity index (χ0n) is 15.4. The molecule has 0 atom stereocenters. The monoisotopic (exact) mass is 433 g/mol. The molecule has 0 aliphatic heterocycles. The third-order valence-electron chi connectivity index (χ3n) is 5.04. The minimum atomic E-state index is -3.72. The minimum absolute atomic E-state index is 0.106. The smallest absolute Gasteiger partial charge is 0.307 e. The van der Waals surface area contributed by atoms with Crippen LogP contribution in [0, 0.1) is 5.82 Å². The number of carboxylic acid groups (broad SMARTS) is 1. The summed E-state index contributed by atoms with van der Waals surface area (Å²) in [6.07, 6.45) is 3.08. The van der Waals surface area contributed by atoms with E-state index in [-0.39, 0.29) is 11.3 Å². The van der Waals surface area contributed by atoms with Crippen LogP contribution in [0.25, 0.3) is 16.5 Å². The fourth-order valence-corrected chi connectivity index (χ4v) is 4.94. The highest BCUT2D eigenvalue weighted by molar-refractivity contribution is 7.91. The van der Waals surface area contributed by atoms with Crippen LogP contribution in [0.5, 0.6) is 0 Å². The van der Waals surface area contributed by atoms with E-state index in [9.17, 15) is 22.7 Å². The molecule has 0 saturated heterocycles. The highest BCUT2D eigenvalue weighted by Crippen LogP contribution is 2.41. The highest BCUT2D eigenvalue weighted by Gasteiger charge is 2.29. The summed E-state index contributed by atoms with van der Waals surface area (Å²) in [6.45, 7) is 0.300. The molecule has 5 nitrogen and oxygen atoms in total. The zero-order chi connectivity index (χ0) is 20.9. The van der Waals surface area contributed by atoms with E-state index in [2.05, 4.69) is 0 Å². The van der Waals surface area contributed by atoms with Gasteiger partial charge in [0.05, 0.1) is 16.8 Å². The lowest BCUT2D eigenvalue weighted by Crippen LogP contribution is -2.09.